The van der Waals surface area contributed by atoms with Gasteiger partial charge in [-0.15, -0.1) is 31.4 Å². The standard InChI is InChI=1S/C16H23BrN2O2.2ClH/c1-3-4-5-13(19-10-8-18-9-11-19)15-12(17)6-7-14(21-2)16(15)20;;/h3,6-7,13,18,20H,1,4-5,8-11H2,2H3;2*1H/t13-;;/m1../s1. The fourth-order valence-corrected chi connectivity index (χ4v) is 3.41. The SMILES string of the molecule is C=CCC[C@H](c1c(Br)ccc(OC)c1O)N1CCNCC1.Cl.Cl. The van der Waals surface area contributed by atoms with Crippen molar-refractivity contribution in [1.82, 2.24) is 10.2 Å². The molecule has 0 bridgehead atoms. The van der Waals surface area contributed by atoms with E-state index in [0.29, 0.717) is 5.75 Å². The minimum atomic E-state index is 0. The molecule has 7 heteroatoms. The number of piperazine rings is 1. The summed E-state index contributed by atoms with van der Waals surface area (Å²) in [4.78, 5) is 2.42. The van der Waals surface area contributed by atoms with Crippen LogP contribution in [0, 0.1) is 0 Å². The van der Waals surface area contributed by atoms with E-state index in [1.54, 1.807) is 13.2 Å². The third-order valence-electron chi connectivity index (χ3n) is 3.92. The maximum atomic E-state index is 10.5. The van der Waals surface area contributed by atoms with Crippen molar-refractivity contribution in [1.29, 1.82) is 0 Å². The monoisotopic (exact) mass is 426 g/mol. The average Bonchev–Trinajstić information content (AvgIpc) is 2.51. The predicted octanol–water partition coefficient (Wildman–Crippen LogP) is 3.92. The lowest BCUT2D eigenvalue weighted by atomic mass is 9.98. The van der Waals surface area contributed by atoms with Crippen molar-refractivity contribution in [3.63, 3.8) is 0 Å². The number of hydrogen-bond acceptors (Lipinski definition) is 4. The summed E-state index contributed by atoms with van der Waals surface area (Å²) < 4.78 is 6.19. The Balaban J connectivity index is 0.00000242. The normalized spacial score (nSPS) is 15.9. The van der Waals surface area contributed by atoms with Gasteiger partial charge in [0, 0.05) is 42.3 Å². The van der Waals surface area contributed by atoms with Crippen LogP contribution in [-0.2, 0) is 0 Å². The largest absolute Gasteiger partial charge is 0.504 e. The second-order valence-corrected chi connectivity index (χ2v) is 6.03. The van der Waals surface area contributed by atoms with Crippen molar-refractivity contribution < 1.29 is 9.84 Å². The Bertz CT molecular complexity index is 497. The molecule has 0 radical (unpaired) electrons. The summed E-state index contributed by atoms with van der Waals surface area (Å²) in [6, 6.07) is 3.89. The highest BCUT2D eigenvalue weighted by atomic mass is 79.9. The van der Waals surface area contributed by atoms with Crippen molar-refractivity contribution in [3.8, 4) is 11.5 Å². The van der Waals surface area contributed by atoms with E-state index in [9.17, 15) is 5.11 Å². The molecular formula is C16H25BrCl2N2O2. The summed E-state index contributed by atoms with van der Waals surface area (Å²) in [5.41, 5.74) is 0.915. The molecule has 0 aromatic heterocycles. The summed E-state index contributed by atoms with van der Waals surface area (Å²) in [6.07, 6.45) is 3.78. The van der Waals surface area contributed by atoms with Gasteiger partial charge in [0.2, 0.25) is 0 Å². The molecule has 0 saturated carbocycles. The van der Waals surface area contributed by atoms with Crippen molar-refractivity contribution in [3.05, 3.63) is 34.8 Å². The highest BCUT2D eigenvalue weighted by molar-refractivity contribution is 9.10. The third kappa shape index (κ3) is 5.54. The van der Waals surface area contributed by atoms with E-state index < -0.39 is 0 Å². The van der Waals surface area contributed by atoms with E-state index in [2.05, 4.69) is 32.7 Å². The first-order valence-corrected chi connectivity index (χ1v) is 8.09. The van der Waals surface area contributed by atoms with Crippen LogP contribution >= 0.6 is 40.7 Å². The van der Waals surface area contributed by atoms with Gasteiger partial charge in [-0.25, -0.2) is 0 Å². The van der Waals surface area contributed by atoms with Gasteiger partial charge < -0.3 is 15.2 Å². The zero-order valence-electron chi connectivity index (χ0n) is 13.3. The number of hydrogen-bond donors (Lipinski definition) is 2. The highest BCUT2D eigenvalue weighted by Crippen LogP contribution is 2.42. The van der Waals surface area contributed by atoms with Crippen LogP contribution in [0.25, 0.3) is 0 Å². The maximum Gasteiger partial charge on any atom is 0.163 e. The zero-order chi connectivity index (χ0) is 15.2. The number of methoxy groups -OCH3 is 1. The lowest BCUT2D eigenvalue weighted by Gasteiger charge is -2.36. The van der Waals surface area contributed by atoms with Crippen LogP contribution in [-0.4, -0.2) is 43.3 Å². The quantitative estimate of drug-likeness (QED) is 0.675. The predicted molar refractivity (Wildman–Crippen MR) is 103 cm³/mol. The molecule has 0 spiro atoms. The Hall–Kier alpha value is -0.460. The van der Waals surface area contributed by atoms with Gasteiger partial charge in [0.25, 0.3) is 0 Å². The van der Waals surface area contributed by atoms with Gasteiger partial charge in [-0.05, 0) is 25.0 Å². The Kier molecular flexibility index (Phi) is 10.9. The van der Waals surface area contributed by atoms with Gasteiger partial charge in [0.1, 0.15) is 0 Å². The molecule has 1 aliphatic heterocycles. The first kappa shape index (κ1) is 22.5. The fraction of sp³-hybridized carbons (Fsp3) is 0.500. The van der Waals surface area contributed by atoms with E-state index >= 15 is 0 Å². The molecular weight excluding hydrogens is 403 g/mol. The zero-order valence-corrected chi connectivity index (χ0v) is 16.5. The number of benzene rings is 1. The molecule has 1 fully saturated rings. The average molecular weight is 428 g/mol. The van der Waals surface area contributed by atoms with Crippen molar-refractivity contribution in [2.75, 3.05) is 33.3 Å². The Morgan fingerprint density at radius 1 is 1.39 bits per heavy atom. The third-order valence-corrected chi connectivity index (χ3v) is 4.61. The van der Waals surface area contributed by atoms with E-state index in [1.807, 2.05) is 12.1 Å². The molecule has 1 saturated heterocycles. The summed E-state index contributed by atoms with van der Waals surface area (Å²) in [7, 11) is 1.58. The van der Waals surface area contributed by atoms with Crippen molar-refractivity contribution >= 4 is 40.7 Å². The molecule has 4 nitrogen and oxygen atoms in total. The molecule has 1 aliphatic rings. The summed E-state index contributed by atoms with van der Waals surface area (Å²) in [5.74, 6) is 0.756. The number of phenolic OH excluding ortho intramolecular Hbond substituents is 1. The Labute approximate surface area is 159 Å². The second-order valence-electron chi connectivity index (χ2n) is 5.18. The number of aromatic hydroxyl groups is 1. The molecule has 1 aromatic carbocycles. The van der Waals surface area contributed by atoms with E-state index in [0.717, 1.165) is 49.1 Å². The molecule has 1 heterocycles. The van der Waals surface area contributed by atoms with E-state index in [-0.39, 0.29) is 36.6 Å². The number of nitrogens with one attached hydrogen (secondary N) is 1. The van der Waals surface area contributed by atoms with Gasteiger partial charge in [-0.2, -0.15) is 0 Å². The number of allylic oxidation sites excluding steroid dienone is 1. The van der Waals surface area contributed by atoms with Gasteiger partial charge in [0.05, 0.1) is 7.11 Å². The lowest BCUT2D eigenvalue weighted by molar-refractivity contribution is 0.162. The molecule has 0 aliphatic carbocycles. The molecule has 2 N–H and O–H groups in total. The maximum absolute atomic E-state index is 10.5. The number of nitrogens with zero attached hydrogens (tertiary/aromatic N) is 1. The van der Waals surface area contributed by atoms with Crippen LogP contribution in [0.2, 0.25) is 0 Å². The topological polar surface area (TPSA) is 44.7 Å². The van der Waals surface area contributed by atoms with Crippen LogP contribution in [0.15, 0.2) is 29.3 Å². The van der Waals surface area contributed by atoms with Crippen molar-refractivity contribution in [2.45, 2.75) is 18.9 Å². The molecule has 23 heavy (non-hydrogen) atoms. The number of halogens is 3. The van der Waals surface area contributed by atoms with E-state index in [4.69, 9.17) is 4.74 Å². The fourth-order valence-electron chi connectivity index (χ4n) is 2.82. The summed E-state index contributed by atoms with van der Waals surface area (Å²) in [6.45, 7) is 7.73. The first-order chi connectivity index (χ1) is 10.2. The summed E-state index contributed by atoms with van der Waals surface area (Å²) >= 11 is 3.59. The van der Waals surface area contributed by atoms with Gasteiger partial charge >= 0.3 is 0 Å². The highest BCUT2D eigenvalue weighted by Gasteiger charge is 2.27. The lowest BCUT2D eigenvalue weighted by Crippen LogP contribution is -2.45. The molecule has 0 amide bonds. The number of rotatable bonds is 6. The molecule has 1 atom stereocenters. The second kappa shape index (κ2) is 11.2. The number of ether oxygens (including phenoxy) is 1. The molecule has 0 unspecified atom stereocenters. The first-order valence-electron chi connectivity index (χ1n) is 7.30. The van der Waals surface area contributed by atoms with Crippen molar-refractivity contribution in [2.24, 2.45) is 0 Å². The van der Waals surface area contributed by atoms with Gasteiger partial charge in [-0.3, -0.25) is 4.90 Å². The molecule has 1 aromatic rings. The van der Waals surface area contributed by atoms with Crippen LogP contribution < -0.4 is 10.1 Å². The number of phenols is 1. The Morgan fingerprint density at radius 3 is 2.61 bits per heavy atom. The summed E-state index contributed by atoms with van der Waals surface area (Å²) in [5, 5.41) is 13.9. The van der Waals surface area contributed by atoms with Gasteiger partial charge in [-0.1, -0.05) is 22.0 Å². The van der Waals surface area contributed by atoms with Gasteiger partial charge in [0.15, 0.2) is 11.5 Å². The Morgan fingerprint density at radius 2 is 2.04 bits per heavy atom. The minimum Gasteiger partial charge on any atom is -0.504 e. The van der Waals surface area contributed by atoms with Crippen LogP contribution in [0.1, 0.15) is 24.4 Å². The van der Waals surface area contributed by atoms with Crippen LogP contribution in [0.5, 0.6) is 11.5 Å². The van der Waals surface area contributed by atoms with E-state index in [1.165, 1.54) is 0 Å². The smallest absolute Gasteiger partial charge is 0.163 e. The van der Waals surface area contributed by atoms with Crippen LogP contribution in [0.4, 0.5) is 0 Å². The molecule has 2 rings (SSSR count). The van der Waals surface area contributed by atoms with Crippen LogP contribution in [0.3, 0.4) is 0 Å². The minimum absolute atomic E-state index is 0. The molecule has 132 valence electrons.